The van der Waals surface area contributed by atoms with Crippen molar-refractivity contribution >= 4 is 17.4 Å². The van der Waals surface area contributed by atoms with Gasteiger partial charge in [0.05, 0.1) is 12.4 Å². The van der Waals surface area contributed by atoms with Crippen LogP contribution < -0.4 is 10.6 Å². The normalized spacial score (nSPS) is 9.85. The third-order valence-electron chi connectivity index (χ3n) is 2.59. The molecule has 0 unspecified atom stereocenters. The van der Waals surface area contributed by atoms with E-state index in [1.165, 1.54) is 12.4 Å². The summed E-state index contributed by atoms with van der Waals surface area (Å²) in [6, 6.07) is 7.58. The number of nitrogens with one attached hydrogen (secondary N) is 2. The first-order valence-electron chi connectivity index (χ1n) is 6.24. The van der Waals surface area contributed by atoms with Crippen LogP contribution in [0.15, 0.2) is 49.3 Å². The predicted molar refractivity (Wildman–Crippen MR) is 79.9 cm³/mol. The average molecular weight is 268 g/mol. The largest absolute Gasteiger partial charge is 0.365 e. The summed E-state index contributed by atoms with van der Waals surface area (Å²) in [6.07, 6.45) is 4.69. The quantitative estimate of drug-likeness (QED) is 0.818. The lowest BCUT2D eigenvalue weighted by molar-refractivity contribution is 0.102. The van der Waals surface area contributed by atoms with Crippen molar-refractivity contribution in [2.75, 3.05) is 17.2 Å². The van der Waals surface area contributed by atoms with Crippen molar-refractivity contribution in [3.8, 4) is 0 Å². The summed E-state index contributed by atoms with van der Waals surface area (Å²) in [4.78, 5) is 20.2. The topological polar surface area (TPSA) is 66.9 Å². The number of nitrogens with zero attached hydrogens (tertiary/aromatic N) is 2. The minimum atomic E-state index is -0.279. The van der Waals surface area contributed by atoms with Gasteiger partial charge in [0.1, 0.15) is 11.5 Å². The first-order chi connectivity index (χ1) is 9.69. The first kappa shape index (κ1) is 13.7. The Hall–Kier alpha value is -2.69. The zero-order chi connectivity index (χ0) is 14.4. The van der Waals surface area contributed by atoms with Gasteiger partial charge in [0.2, 0.25) is 0 Å². The van der Waals surface area contributed by atoms with E-state index < -0.39 is 0 Å². The second-order valence-electron chi connectivity index (χ2n) is 4.28. The molecule has 0 aliphatic rings. The van der Waals surface area contributed by atoms with E-state index >= 15 is 0 Å². The van der Waals surface area contributed by atoms with E-state index in [9.17, 15) is 4.79 Å². The van der Waals surface area contributed by atoms with Gasteiger partial charge in [-0.25, -0.2) is 9.97 Å². The van der Waals surface area contributed by atoms with Gasteiger partial charge < -0.3 is 10.6 Å². The number of aryl methyl sites for hydroxylation is 1. The van der Waals surface area contributed by atoms with Crippen molar-refractivity contribution in [2.24, 2.45) is 0 Å². The number of carbonyl (C=O) groups excluding carboxylic acids is 1. The maximum atomic E-state index is 12.0. The molecule has 20 heavy (non-hydrogen) atoms. The summed E-state index contributed by atoms with van der Waals surface area (Å²) in [5, 5.41) is 5.78. The van der Waals surface area contributed by atoms with Crippen LogP contribution in [-0.4, -0.2) is 22.4 Å². The summed E-state index contributed by atoms with van der Waals surface area (Å²) in [5.74, 6) is 0.329. The van der Waals surface area contributed by atoms with Gasteiger partial charge in [0, 0.05) is 12.2 Å². The van der Waals surface area contributed by atoms with Crippen molar-refractivity contribution in [3.05, 3.63) is 60.6 Å². The van der Waals surface area contributed by atoms with E-state index in [-0.39, 0.29) is 11.6 Å². The Morgan fingerprint density at radius 1 is 1.35 bits per heavy atom. The Kier molecular flexibility index (Phi) is 4.44. The van der Waals surface area contributed by atoms with Gasteiger partial charge in [0.25, 0.3) is 5.91 Å². The number of amides is 1. The SMILES string of the molecule is C=CCNc1cnc(C(=O)Nc2cccc(C)c2)cn1. The van der Waals surface area contributed by atoms with E-state index in [1.807, 2.05) is 31.2 Å². The summed E-state index contributed by atoms with van der Waals surface area (Å²) in [5.41, 5.74) is 2.10. The number of aromatic nitrogens is 2. The summed E-state index contributed by atoms with van der Waals surface area (Å²) in [7, 11) is 0. The fourth-order valence-electron chi connectivity index (χ4n) is 1.63. The highest BCUT2D eigenvalue weighted by Crippen LogP contribution is 2.11. The lowest BCUT2D eigenvalue weighted by Gasteiger charge is -2.06. The highest BCUT2D eigenvalue weighted by atomic mass is 16.1. The van der Waals surface area contributed by atoms with Crippen molar-refractivity contribution < 1.29 is 4.79 Å². The second kappa shape index (κ2) is 6.47. The fourth-order valence-corrected chi connectivity index (χ4v) is 1.63. The number of hydrogen-bond acceptors (Lipinski definition) is 4. The number of anilines is 2. The predicted octanol–water partition coefficient (Wildman–Crippen LogP) is 2.64. The molecule has 5 nitrogen and oxygen atoms in total. The summed E-state index contributed by atoms with van der Waals surface area (Å²) >= 11 is 0. The Bertz CT molecular complexity index is 608. The van der Waals surface area contributed by atoms with Gasteiger partial charge >= 0.3 is 0 Å². The van der Waals surface area contributed by atoms with Crippen LogP contribution in [0.4, 0.5) is 11.5 Å². The van der Waals surface area contributed by atoms with Gasteiger partial charge in [-0.2, -0.15) is 0 Å². The van der Waals surface area contributed by atoms with E-state index in [2.05, 4.69) is 27.2 Å². The van der Waals surface area contributed by atoms with E-state index in [1.54, 1.807) is 6.08 Å². The molecule has 0 atom stereocenters. The highest BCUT2D eigenvalue weighted by molar-refractivity contribution is 6.02. The molecule has 0 spiro atoms. The molecule has 2 rings (SSSR count). The molecule has 0 saturated heterocycles. The molecule has 1 aromatic heterocycles. The van der Waals surface area contributed by atoms with Crippen molar-refractivity contribution in [1.29, 1.82) is 0 Å². The van der Waals surface area contributed by atoms with Crippen LogP contribution in [0.2, 0.25) is 0 Å². The molecule has 0 fully saturated rings. The zero-order valence-corrected chi connectivity index (χ0v) is 11.3. The molecule has 0 aliphatic carbocycles. The Morgan fingerprint density at radius 2 is 2.20 bits per heavy atom. The Balaban J connectivity index is 2.03. The Labute approximate surface area is 117 Å². The van der Waals surface area contributed by atoms with Gasteiger partial charge in [0.15, 0.2) is 0 Å². The minimum Gasteiger partial charge on any atom is -0.365 e. The van der Waals surface area contributed by atoms with Gasteiger partial charge in [-0.3, -0.25) is 4.79 Å². The van der Waals surface area contributed by atoms with E-state index in [0.29, 0.717) is 12.4 Å². The smallest absolute Gasteiger partial charge is 0.275 e. The summed E-state index contributed by atoms with van der Waals surface area (Å²) < 4.78 is 0. The molecular weight excluding hydrogens is 252 g/mol. The molecule has 1 amide bonds. The van der Waals surface area contributed by atoms with Crippen LogP contribution in [-0.2, 0) is 0 Å². The summed E-state index contributed by atoms with van der Waals surface area (Å²) in [6.45, 7) is 6.17. The van der Waals surface area contributed by atoms with Gasteiger partial charge in [-0.1, -0.05) is 18.2 Å². The average Bonchev–Trinajstić information content (AvgIpc) is 2.45. The number of carbonyl (C=O) groups is 1. The number of benzene rings is 1. The number of hydrogen-bond donors (Lipinski definition) is 2. The minimum absolute atomic E-state index is 0.274. The molecule has 2 aromatic rings. The molecule has 1 aromatic carbocycles. The van der Waals surface area contributed by atoms with E-state index in [4.69, 9.17) is 0 Å². The van der Waals surface area contributed by atoms with Crippen LogP contribution in [0.5, 0.6) is 0 Å². The van der Waals surface area contributed by atoms with Crippen molar-refractivity contribution in [1.82, 2.24) is 9.97 Å². The molecule has 0 aliphatic heterocycles. The first-order valence-corrected chi connectivity index (χ1v) is 6.24. The Morgan fingerprint density at radius 3 is 2.85 bits per heavy atom. The molecule has 0 bridgehead atoms. The number of rotatable bonds is 5. The van der Waals surface area contributed by atoms with Crippen LogP contribution in [0.25, 0.3) is 0 Å². The van der Waals surface area contributed by atoms with Crippen molar-refractivity contribution in [2.45, 2.75) is 6.92 Å². The molecule has 0 saturated carbocycles. The third kappa shape index (κ3) is 3.65. The van der Waals surface area contributed by atoms with Crippen LogP contribution >= 0.6 is 0 Å². The monoisotopic (exact) mass is 268 g/mol. The lowest BCUT2D eigenvalue weighted by Crippen LogP contribution is -2.14. The van der Waals surface area contributed by atoms with Gasteiger partial charge in [-0.05, 0) is 24.6 Å². The highest BCUT2D eigenvalue weighted by Gasteiger charge is 2.08. The maximum Gasteiger partial charge on any atom is 0.275 e. The second-order valence-corrected chi connectivity index (χ2v) is 4.28. The van der Waals surface area contributed by atoms with E-state index in [0.717, 1.165) is 11.3 Å². The zero-order valence-electron chi connectivity index (χ0n) is 11.3. The third-order valence-corrected chi connectivity index (χ3v) is 2.59. The van der Waals surface area contributed by atoms with Crippen LogP contribution in [0, 0.1) is 6.92 Å². The molecule has 5 heteroatoms. The molecule has 2 N–H and O–H groups in total. The van der Waals surface area contributed by atoms with Crippen LogP contribution in [0.3, 0.4) is 0 Å². The van der Waals surface area contributed by atoms with Crippen molar-refractivity contribution in [3.63, 3.8) is 0 Å². The molecular formula is C15H16N4O. The molecule has 0 radical (unpaired) electrons. The molecule has 102 valence electrons. The van der Waals surface area contributed by atoms with Gasteiger partial charge in [-0.15, -0.1) is 6.58 Å². The standard InChI is InChI=1S/C15H16N4O/c1-3-7-16-14-10-17-13(9-18-14)15(20)19-12-6-4-5-11(2)8-12/h3-6,8-10H,1,7H2,2H3,(H,16,18)(H,19,20). The van der Waals surface area contributed by atoms with Crippen LogP contribution in [0.1, 0.15) is 16.1 Å². The lowest BCUT2D eigenvalue weighted by atomic mass is 10.2. The fraction of sp³-hybridized carbons (Fsp3) is 0.133. The maximum absolute atomic E-state index is 12.0. The molecule has 1 heterocycles.